The number of aromatic nitrogens is 2. The number of carbonyl (C=O) groups is 1. The topological polar surface area (TPSA) is 90.1 Å². The molecule has 0 saturated heterocycles. The van der Waals surface area contributed by atoms with Gasteiger partial charge in [-0.3, -0.25) is 10.1 Å². The summed E-state index contributed by atoms with van der Waals surface area (Å²) in [5, 5.41) is 4.23. The number of amides is 1. The molecule has 4 rings (SSSR count). The number of pyridine rings is 1. The van der Waals surface area contributed by atoms with Crippen LogP contribution in [0.25, 0.3) is 20.4 Å². The van der Waals surface area contributed by atoms with Crippen LogP contribution in [-0.2, 0) is 6.42 Å². The molecule has 3 aromatic heterocycles. The number of hydrogen-bond acceptors (Lipinski definition) is 7. The first kappa shape index (κ1) is 19.6. The summed E-state index contributed by atoms with van der Waals surface area (Å²) in [6, 6.07) is 9.63. The van der Waals surface area contributed by atoms with Gasteiger partial charge in [-0.1, -0.05) is 25.2 Å². The molecule has 29 heavy (non-hydrogen) atoms. The second kappa shape index (κ2) is 7.96. The average Bonchev–Trinajstić information content (AvgIpc) is 3.21. The fraction of sp³-hybridized carbons (Fsp3) is 0.286. The lowest BCUT2D eigenvalue weighted by atomic mass is 10.1. The van der Waals surface area contributed by atoms with Gasteiger partial charge in [-0.05, 0) is 49.6 Å². The summed E-state index contributed by atoms with van der Waals surface area (Å²) < 4.78 is 6.48. The third-order valence-electron chi connectivity index (χ3n) is 4.37. The lowest BCUT2D eigenvalue weighted by molar-refractivity contribution is 0.103. The van der Waals surface area contributed by atoms with Crippen LogP contribution in [0.5, 0.6) is 5.75 Å². The minimum absolute atomic E-state index is 0.264. The molecule has 0 radical (unpaired) electrons. The molecule has 0 bridgehead atoms. The van der Waals surface area contributed by atoms with E-state index in [0.717, 1.165) is 38.3 Å². The van der Waals surface area contributed by atoms with Crippen molar-refractivity contribution in [2.24, 2.45) is 5.92 Å². The van der Waals surface area contributed by atoms with Gasteiger partial charge < -0.3 is 10.5 Å². The van der Waals surface area contributed by atoms with Crippen LogP contribution < -0.4 is 15.8 Å². The smallest absolute Gasteiger partial charge is 0.269 e. The molecular weight excluding hydrogens is 404 g/mol. The molecule has 1 aromatic carbocycles. The third-order valence-corrected chi connectivity index (χ3v) is 6.41. The van der Waals surface area contributed by atoms with E-state index in [-0.39, 0.29) is 5.91 Å². The molecule has 0 aliphatic rings. The quantitative estimate of drug-likeness (QED) is 0.434. The summed E-state index contributed by atoms with van der Waals surface area (Å²) >= 11 is 2.72. The fourth-order valence-electron chi connectivity index (χ4n) is 3.10. The van der Waals surface area contributed by atoms with E-state index in [0.29, 0.717) is 28.2 Å². The molecule has 0 spiro atoms. The largest absolute Gasteiger partial charge is 0.494 e. The number of benzene rings is 1. The molecular formula is C21H22N4O2S2. The van der Waals surface area contributed by atoms with Gasteiger partial charge in [0.2, 0.25) is 0 Å². The number of fused-ring (bicyclic) bond motifs is 2. The van der Waals surface area contributed by atoms with Gasteiger partial charge >= 0.3 is 0 Å². The van der Waals surface area contributed by atoms with Gasteiger partial charge in [-0.2, -0.15) is 0 Å². The third kappa shape index (κ3) is 4.04. The summed E-state index contributed by atoms with van der Waals surface area (Å²) in [5.41, 5.74) is 8.54. The zero-order valence-corrected chi connectivity index (χ0v) is 18.1. The lowest BCUT2D eigenvalue weighted by Gasteiger charge is -2.03. The summed E-state index contributed by atoms with van der Waals surface area (Å²) in [4.78, 5) is 23.3. The number of ether oxygens (including phenoxy) is 1. The van der Waals surface area contributed by atoms with Crippen molar-refractivity contribution in [2.75, 3.05) is 17.7 Å². The Hall–Kier alpha value is -2.71. The van der Waals surface area contributed by atoms with Crippen molar-refractivity contribution >= 4 is 59.8 Å². The van der Waals surface area contributed by atoms with Crippen molar-refractivity contribution < 1.29 is 9.53 Å². The van der Waals surface area contributed by atoms with Crippen LogP contribution >= 0.6 is 22.7 Å². The highest BCUT2D eigenvalue weighted by Crippen LogP contribution is 2.34. The van der Waals surface area contributed by atoms with Gasteiger partial charge in [0, 0.05) is 11.1 Å². The van der Waals surface area contributed by atoms with Crippen molar-refractivity contribution in [2.45, 2.75) is 27.2 Å². The highest BCUT2D eigenvalue weighted by molar-refractivity contribution is 7.23. The molecule has 0 saturated carbocycles. The molecule has 3 N–H and O–H groups in total. The molecule has 0 unspecified atom stereocenters. The molecule has 0 aliphatic heterocycles. The maximum absolute atomic E-state index is 12.8. The SMILES string of the molecule is CCOc1ccc2nc(NC(=O)c3sc4nc(CC(C)C)ccc4c3N)sc2c1. The standard InChI is InChI=1S/C21H22N4O2S2/c1-4-27-13-6-8-15-16(10-13)28-21(24-15)25-19(26)18-17(22)14-7-5-12(9-11(2)3)23-20(14)29-18/h5-8,10-11H,4,9,22H2,1-3H3,(H,24,25,26). The zero-order valence-electron chi connectivity index (χ0n) is 16.5. The van der Waals surface area contributed by atoms with E-state index < -0.39 is 0 Å². The van der Waals surface area contributed by atoms with Crippen LogP contribution in [0.1, 0.15) is 36.1 Å². The molecule has 1 amide bonds. The predicted molar refractivity (Wildman–Crippen MR) is 121 cm³/mol. The molecule has 6 nitrogen and oxygen atoms in total. The molecule has 0 atom stereocenters. The number of thiazole rings is 1. The Labute approximate surface area is 176 Å². The number of nitrogens with one attached hydrogen (secondary N) is 1. The van der Waals surface area contributed by atoms with E-state index in [1.54, 1.807) is 0 Å². The minimum Gasteiger partial charge on any atom is -0.494 e. The van der Waals surface area contributed by atoms with E-state index in [9.17, 15) is 4.79 Å². The second-order valence-corrected chi connectivity index (χ2v) is 9.16. The monoisotopic (exact) mass is 426 g/mol. The first-order valence-corrected chi connectivity index (χ1v) is 11.1. The second-order valence-electron chi connectivity index (χ2n) is 7.13. The van der Waals surface area contributed by atoms with Gasteiger partial charge in [0.25, 0.3) is 5.91 Å². The van der Waals surface area contributed by atoms with Crippen molar-refractivity contribution in [3.05, 3.63) is 40.9 Å². The normalized spacial score (nSPS) is 11.4. The molecule has 150 valence electrons. The molecule has 0 fully saturated rings. The highest BCUT2D eigenvalue weighted by Gasteiger charge is 2.19. The fourth-order valence-corrected chi connectivity index (χ4v) is 5.00. The first-order chi connectivity index (χ1) is 13.9. The number of rotatable bonds is 6. The number of thiophene rings is 1. The number of hydrogen-bond donors (Lipinski definition) is 2. The van der Waals surface area contributed by atoms with Crippen molar-refractivity contribution in [3.8, 4) is 5.75 Å². The van der Waals surface area contributed by atoms with Crippen molar-refractivity contribution in [1.82, 2.24) is 9.97 Å². The summed E-state index contributed by atoms with van der Waals surface area (Å²) in [7, 11) is 0. The average molecular weight is 427 g/mol. The Bertz CT molecular complexity index is 1200. The summed E-state index contributed by atoms with van der Waals surface area (Å²) in [5.74, 6) is 1.04. The van der Waals surface area contributed by atoms with E-state index in [1.807, 2.05) is 37.3 Å². The summed E-state index contributed by atoms with van der Waals surface area (Å²) in [6.07, 6.45) is 0.894. The Balaban J connectivity index is 1.60. The number of carbonyl (C=O) groups excluding carboxylic acids is 1. The number of nitrogen functional groups attached to an aromatic ring is 1. The van der Waals surface area contributed by atoms with Gasteiger partial charge in [0.05, 0.1) is 22.5 Å². The number of nitrogens with two attached hydrogens (primary N) is 1. The van der Waals surface area contributed by atoms with Crippen LogP contribution in [0.4, 0.5) is 10.8 Å². The molecule has 0 aliphatic carbocycles. The van der Waals surface area contributed by atoms with E-state index >= 15 is 0 Å². The molecule has 4 aromatic rings. The lowest BCUT2D eigenvalue weighted by Crippen LogP contribution is -2.11. The molecule has 8 heteroatoms. The Morgan fingerprint density at radius 3 is 2.79 bits per heavy atom. The predicted octanol–water partition coefficient (Wildman–Crippen LogP) is 5.34. The Kier molecular flexibility index (Phi) is 5.38. The highest BCUT2D eigenvalue weighted by atomic mass is 32.1. The number of anilines is 2. The maximum Gasteiger partial charge on any atom is 0.269 e. The van der Waals surface area contributed by atoms with Gasteiger partial charge in [0.15, 0.2) is 5.13 Å². The van der Waals surface area contributed by atoms with E-state index in [4.69, 9.17) is 10.5 Å². The zero-order chi connectivity index (χ0) is 20.5. The van der Waals surface area contributed by atoms with Gasteiger partial charge in [-0.25, -0.2) is 9.97 Å². The van der Waals surface area contributed by atoms with E-state index in [2.05, 4.69) is 29.1 Å². The van der Waals surface area contributed by atoms with Crippen LogP contribution in [0.2, 0.25) is 0 Å². The van der Waals surface area contributed by atoms with Gasteiger partial charge in [0.1, 0.15) is 15.5 Å². The van der Waals surface area contributed by atoms with Crippen LogP contribution in [0, 0.1) is 5.92 Å². The minimum atomic E-state index is -0.264. The van der Waals surface area contributed by atoms with Crippen LogP contribution in [0.15, 0.2) is 30.3 Å². The Morgan fingerprint density at radius 1 is 1.21 bits per heavy atom. The molecule has 3 heterocycles. The van der Waals surface area contributed by atoms with E-state index in [1.165, 1.54) is 22.7 Å². The van der Waals surface area contributed by atoms with Gasteiger partial charge in [-0.15, -0.1) is 11.3 Å². The van der Waals surface area contributed by atoms with Crippen molar-refractivity contribution in [3.63, 3.8) is 0 Å². The maximum atomic E-state index is 12.8. The Morgan fingerprint density at radius 2 is 2.03 bits per heavy atom. The summed E-state index contributed by atoms with van der Waals surface area (Å²) in [6.45, 7) is 6.86. The van der Waals surface area contributed by atoms with Crippen LogP contribution in [0.3, 0.4) is 0 Å². The van der Waals surface area contributed by atoms with Crippen molar-refractivity contribution in [1.29, 1.82) is 0 Å². The van der Waals surface area contributed by atoms with Crippen LogP contribution in [-0.4, -0.2) is 22.5 Å². The first-order valence-electron chi connectivity index (χ1n) is 9.47. The number of nitrogens with zero attached hydrogens (tertiary/aromatic N) is 2.